The van der Waals surface area contributed by atoms with Crippen molar-refractivity contribution in [2.75, 3.05) is 19.7 Å². The largest absolute Gasteiger partial charge is 0.449 e. The van der Waals surface area contributed by atoms with E-state index in [0.717, 1.165) is 31.5 Å². The van der Waals surface area contributed by atoms with Gasteiger partial charge in [0.15, 0.2) is 5.60 Å². The van der Waals surface area contributed by atoms with Crippen LogP contribution in [0.25, 0.3) is 0 Å². The Bertz CT molecular complexity index is 548. The van der Waals surface area contributed by atoms with Crippen LogP contribution >= 0.6 is 0 Å². The standard InChI is InChI=1S/C18H27N2O4/c1-18(2,3)24-20(22)16(15-9-5-4-6-10-15)11-14-23-17(21)19-12-7-8-13-19/h4-6,9-10,16H,7-8,11-14H2,1-3H3/q+1. The summed E-state index contributed by atoms with van der Waals surface area (Å²) in [5.74, 6) is 0. The van der Waals surface area contributed by atoms with Gasteiger partial charge in [-0.3, -0.25) is 0 Å². The Kier molecular flexibility index (Phi) is 6.17. The Morgan fingerprint density at radius 2 is 1.83 bits per heavy atom. The average Bonchev–Trinajstić information content (AvgIpc) is 3.05. The Hall–Kier alpha value is -2.11. The number of ether oxygens (including phenoxy) is 1. The molecule has 6 heteroatoms. The maximum Gasteiger partial charge on any atom is 0.409 e. The van der Waals surface area contributed by atoms with Gasteiger partial charge in [-0.1, -0.05) is 30.3 Å². The van der Waals surface area contributed by atoms with E-state index < -0.39 is 11.6 Å². The second kappa shape index (κ2) is 8.13. The van der Waals surface area contributed by atoms with Crippen LogP contribution in [0, 0.1) is 4.91 Å². The molecule has 1 aliphatic heterocycles. The molecule has 1 heterocycles. The van der Waals surface area contributed by atoms with E-state index in [2.05, 4.69) is 0 Å². The molecule has 1 unspecified atom stereocenters. The summed E-state index contributed by atoms with van der Waals surface area (Å²) >= 11 is 0. The molecular weight excluding hydrogens is 308 g/mol. The van der Waals surface area contributed by atoms with Gasteiger partial charge < -0.3 is 9.64 Å². The zero-order chi connectivity index (χ0) is 17.6. The molecule has 1 atom stereocenters. The zero-order valence-corrected chi connectivity index (χ0v) is 14.7. The summed E-state index contributed by atoms with van der Waals surface area (Å²) in [7, 11) is 0. The summed E-state index contributed by atoms with van der Waals surface area (Å²) in [4.78, 5) is 32.1. The molecule has 0 aliphatic carbocycles. The third-order valence-corrected chi connectivity index (χ3v) is 3.78. The summed E-state index contributed by atoms with van der Waals surface area (Å²) in [6.07, 6.45) is 2.13. The summed E-state index contributed by atoms with van der Waals surface area (Å²) < 4.78 is 5.32. The molecule has 0 spiro atoms. The fourth-order valence-corrected chi connectivity index (χ4v) is 2.65. The van der Waals surface area contributed by atoms with Crippen molar-refractivity contribution in [1.29, 1.82) is 0 Å². The van der Waals surface area contributed by atoms with Crippen molar-refractivity contribution in [2.24, 2.45) is 0 Å². The van der Waals surface area contributed by atoms with Gasteiger partial charge >= 0.3 is 6.09 Å². The van der Waals surface area contributed by atoms with Crippen LogP contribution in [0.3, 0.4) is 0 Å². The van der Waals surface area contributed by atoms with Crippen molar-refractivity contribution >= 4 is 6.09 Å². The van der Waals surface area contributed by atoms with Crippen molar-refractivity contribution in [2.45, 2.75) is 51.7 Å². The molecule has 132 valence electrons. The molecule has 6 nitrogen and oxygen atoms in total. The maximum atomic E-state index is 12.4. The minimum Gasteiger partial charge on any atom is -0.449 e. The summed E-state index contributed by atoms with van der Waals surface area (Å²) in [6, 6.07) is 8.89. The molecule has 1 aromatic carbocycles. The SMILES string of the molecule is CC(C)(C)O[N+](=O)C(CCOC(=O)N1CCCC1)c1ccccc1. The second-order valence-corrected chi connectivity index (χ2v) is 7.01. The van der Waals surface area contributed by atoms with Crippen LogP contribution in [0.4, 0.5) is 4.79 Å². The molecule has 1 fully saturated rings. The third-order valence-electron chi connectivity index (χ3n) is 3.78. The summed E-state index contributed by atoms with van der Waals surface area (Å²) in [5.41, 5.74) is 0.259. The highest BCUT2D eigenvalue weighted by Gasteiger charge is 2.34. The highest BCUT2D eigenvalue weighted by Crippen LogP contribution is 2.24. The first-order valence-electron chi connectivity index (χ1n) is 8.49. The number of hydrogen-bond acceptors (Lipinski definition) is 4. The minimum absolute atomic E-state index is 0.182. The zero-order valence-electron chi connectivity index (χ0n) is 14.7. The van der Waals surface area contributed by atoms with Gasteiger partial charge in [0.05, 0.1) is 11.3 Å². The average molecular weight is 335 g/mol. The van der Waals surface area contributed by atoms with E-state index in [0.29, 0.717) is 11.3 Å². The molecule has 0 saturated carbocycles. The van der Waals surface area contributed by atoms with E-state index in [1.807, 2.05) is 51.1 Å². The lowest BCUT2D eigenvalue weighted by atomic mass is 10.1. The van der Waals surface area contributed by atoms with Gasteiger partial charge in [0.25, 0.3) is 6.04 Å². The Morgan fingerprint density at radius 1 is 1.21 bits per heavy atom. The van der Waals surface area contributed by atoms with Gasteiger partial charge in [0, 0.05) is 18.7 Å². The van der Waals surface area contributed by atoms with Crippen molar-refractivity contribution < 1.29 is 19.3 Å². The Balaban J connectivity index is 1.95. The smallest absolute Gasteiger partial charge is 0.409 e. The van der Waals surface area contributed by atoms with Crippen molar-refractivity contribution in [3.8, 4) is 0 Å². The Labute approximate surface area is 143 Å². The normalized spacial score (nSPS) is 15.9. The first-order chi connectivity index (χ1) is 11.4. The lowest BCUT2D eigenvalue weighted by Gasteiger charge is -2.17. The van der Waals surface area contributed by atoms with E-state index in [1.54, 1.807) is 4.90 Å². The van der Waals surface area contributed by atoms with Crippen LogP contribution < -0.4 is 0 Å². The molecular formula is C18H27N2O4+. The number of amides is 1. The molecule has 0 N–H and O–H groups in total. The third kappa shape index (κ3) is 5.51. The van der Waals surface area contributed by atoms with Crippen molar-refractivity contribution in [1.82, 2.24) is 4.90 Å². The van der Waals surface area contributed by atoms with E-state index in [-0.39, 0.29) is 12.7 Å². The van der Waals surface area contributed by atoms with Crippen LogP contribution in [0.1, 0.15) is 51.6 Å². The van der Waals surface area contributed by atoms with E-state index in [1.165, 1.54) is 0 Å². The summed E-state index contributed by atoms with van der Waals surface area (Å²) in [5, 5.41) is 0. The van der Waals surface area contributed by atoms with Crippen LogP contribution in [0.2, 0.25) is 0 Å². The number of benzene rings is 1. The predicted octanol–water partition coefficient (Wildman–Crippen LogP) is 3.86. The van der Waals surface area contributed by atoms with Crippen LogP contribution in [0.5, 0.6) is 0 Å². The molecule has 2 rings (SSSR count). The summed E-state index contributed by atoms with van der Waals surface area (Å²) in [6.45, 7) is 7.17. The molecule has 0 bridgehead atoms. The minimum atomic E-state index is -0.582. The molecule has 0 radical (unpaired) electrons. The number of likely N-dealkylation sites (tertiary alicyclic amines) is 1. The fraction of sp³-hybridized carbons (Fsp3) is 0.611. The molecule has 1 amide bonds. The quantitative estimate of drug-likeness (QED) is 0.741. The number of carbonyl (C=O) groups excluding carboxylic acids is 1. The molecule has 24 heavy (non-hydrogen) atoms. The van der Waals surface area contributed by atoms with Gasteiger partial charge in [0.1, 0.15) is 6.61 Å². The first kappa shape index (κ1) is 18.2. The van der Waals surface area contributed by atoms with Gasteiger partial charge in [-0.25, -0.2) is 9.63 Å². The van der Waals surface area contributed by atoms with E-state index in [9.17, 15) is 9.70 Å². The molecule has 0 aromatic heterocycles. The van der Waals surface area contributed by atoms with Gasteiger partial charge in [-0.2, -0.15) is 0 Å². The van der Waals surface area contributed by atoms with E-state index >= 15 is 0 Å². The highest BCUT2D eigenvalue weighted by atomic mass is 16.8. The fourth-order valence-electron chi connectivity index (χ4n) is 2.65. The van der Waals surface area contributed by atoms with Crippen LogP contribution in [-0.2, 0) is 9.57 Å². The molecule has 1 saturated heterocycles. The van der Waals surface area contributed by atoms with Crippen molar-refractivity contribution in [3.05, 3.63) is 40.8 Å². The molecule has 1 aromatic rings. The lowest BCUT2D eigenvalue weighted by molar-refractivity contribution is -0.848. The number of hydrogen-bond donors (Lipinski definition) is 0. The van der Waals surface area contributed by atoms with Gasteiger partial charge in [-0.15, -0.1) is 0 Å². The lowest BCUT2D eigenvalue weighted by Crippen LogP contribution is -2.31. The first-order valence-corrected chi connectivity index (χ1v) is 8.49. The van der Waals surface area contributed by atoms with Gasteiger partial charge in [0.2, 0.25) is 4.92 Å². The van der Waals surface area contributed by atoms with Crippen LogP contribution in [-0.4, -0.2) is 41.2 Å². The predicted molar refractivity (Wildman–Crippen MR) is 90.4 cm³/mol. The van der Waals surface area contributed by atoms with E-state index in [4.69, 9.17) is 9.57 Å². The van der Waals surface area contributed by atoms with Gasteiger partial charge in [-0.05, 0) is 33.6 Å². The monoisotopic (exact) mass is 335 g/mol. The van der Waals surface area contributed by atoms with Crippen molar-refractivity contribution in [3.63, 3.8) is 0 Å². The number of rotatable bonds is 6. The highest BCUT2D eigenvalue weighted by molar-refractivity contribution is 5.67. The second-order valence-electron chi connectivity index (χ2n) is 7.01. The Morgan fingerprint density at radius 3 is 2.42 bits per heavy atom. The molecule has 1 aliphatic rings. The maximum absolute atomic E-state index is 12.4. The van der Waals surface area contributed by atoms with Crippen LogP contribution in [0.15, 0.2) is 30.3 Å². The number of carbonyl (C=O) groups is 1. The topological polar surface area (TPSA) is 58.9 Å². The number of nitrogens with zero attached hydrogens (tertiary/aromatic N) is 2.